The van der Waals surface area contributed by atoms with E-state index in [1.807, 2.05) is 6.92 Å². The van der Waals surface area contributed by atoms with Crippen LogP contribution in [0.2, 0.25) is 0 Å². The minimum atomic E-state index is -0.942. The number of hydrogen-bond acceptors (Lipinski definition) is 10. The van der Waals surface area contributed by atoms with Crippen molar-refractivity contribution in [1.82, 2.24) is 0 Å². The molecule has 3 aromatic rings. The van der Waals surface area contributed by atoms with E-state index in [-0.39, 0.29) is 44.7 Å². The topological polar surface area (TPSA) is 119 Å². The number of carbonyl (C=O) groups excluding carboxylic acids is 2. The van der Waals surface area contributed by atoms with E-state index in [0.717, 1.165) is 7.11 Å². The first kappa shape index (κ1) is 26.3. The van der Waals surface area contributed by atoms with E-state index in [2.05, 4.69) is 0 Å². The number of rotatable bonds is 9. The van der Waals surface area contributed by atoms with Crippen LogP contribution in [0.5, 0.6) is 34.5 Å². The smallest absolute Gasteiger partial charge is 0.342 e. The Morgan fingerprint density at radius 2 is 1.36 bits per heavy atom. The molecule has 0 radical (unpaired) electrons. The zero-order valence-electron chi connectivity index (χ0n) is 21.1. The molecule has 0 fully saturated rings. The number of ether oxygens (including phenoxy) is 7. The Balaban J connectivity index is 2.68. The summed E-state index contributed by atoms with van der Waals surface area (Å²) in [5.41, 5.74) is 0.0469. The van der Waals surface area contributed by atoms with Crippen LogP contribution in [0, 0.1) is 0 Å². The fraction of sp³-hybridized carbons (Fsp3) is 0.308. The van der Waals surface area contributed by atoms with Crippen molar-refractivity contribution in [2.24, 2.45) is 0 Å². The highest BCUT2D eigenvalue weighted by Crippen LogP contribution is 2.52. The third kappa shape index (κ3) is 4.26. The van der Waals surface area contributed by atoms with Gasteiger partial charge in [0.25, 0.3) is 0 Å². The highest BCUT2D eigenvalue weighted by molar-refractivity contribution is 6.20. The second-order valence-electron chi connectivity index (χ2n) is 7.32. The Kier molecular flexibility index (Phi) is 7.98. The molecule has 0 saturated heterocycles. The lowest BCUT2D eigenvalue weighted by atomic mass is 9.87. The van der Waals surface area contributed by atoms with Gasteiger partial charge in [0.05, 0.1) is 54.8 Å². The molecular formula is C26H28O10. The SMILES string of the molecule is CCOc1ccc(-c2c(C(=O)OC)c(C(=O)OC)c(O)c3cc(OC)c(OC)c(OC)c23)cc1OC. The van der Waals surface area contributed by atoms with E-state index in [1.54, 1.807) is 18.2 Å². The third-order valence-electron chi connectivity index (χ3n) is 5.60. The molecular weight excluding hydrogens is 472 g/mol. The maximum absolute atomic E-state index is 13.2. The Labute approximate surface area is 208 Å². The minimum Gasteiger partial charge on any atom is -0.506 e. The maximum atomic E-state index is 13.2. The summed E-state index contributed by atoms with van der Waals surface area (Å²) >= 11 is 0. The molecule has 36 heavy (non-hydrogen) atoms. The van der Waals surface area contributed by atoms with Gasteiger partial charge in [0, 0.05) is 16.3 Å². The summed E-state index contributed by atoms with van der Waals surface area (Å²) < 4.78 is 37.7. The monoisotopic (exact) mass is 500 g/mol. The molecule has 0 aromatic heterocycles. The molecule has 0 aliphatic rings. The summed E-state index contributed by atoms with van der Waals surface area (Å²) in [5, 5.41) is 11.7. The number of hydrogen-bond donors (Lipinski definition) is 1. The molecule has 0 atom stereocenters. The van der Waals surface area contributed by atoms with Gasteiger partial charge in [-0.15, -0.1) is 0 Å². The Morgan fingerprint density at radius 3 is 1.89 bits per heavy atom. The number of fused-ring (bicyclic) bond motifs is 1. The lowest BCUT2D eigenvalue weighted by Crippen LogP contribution is -2.15. The molecule has 0 spiro atoms. The lowest BCUT2D eigenvalue weighted by Gasteiger charge is -2.22. The fourth-order valence-electron chi connectivity index (χ4n) is 4.09. The molecule has 0 unspecified atom stereocenters. The van der Waals surface area contributed by atoms with Gasteiger partial charge in [-0.05, 0) is 30.7 Å². The van der Waals surface area contributed by atoms with Crippen LogP contribution in [0.4, 0.5) is 0 Å². The van der Waals surface area contributed by atoms with E-state index >= 15 is 0 Å². The Morgan fingerprint density at radius 1 is 0.750 bits per heavy atom. The van der Waals surface area contributed by atoms with E-state index in [1.165, 1.54) is 41.6 Å². The van der Waals surface area contributed by atoms with E-state index in [4.69, 9.17) is 33.2 Å². The molecule has 192 valence electrons. The molecule has 10 heteroatoms. The van der Waals surface area contributed by atoms with Gasteiger partial charge in [0.1, 0.15) is 11.3 Å². The van der Waals surface area contributed by atoms with Crippen molar-refractivity contribution in [2.45, 2.75) is 6.92 Å². The number of phenolic OH excluding ortho intramolecular Hbond substituents is 1. The van der Waals surface area contributed by atoms with E-state index in [9.17, 15) is 14.7 Å². The number of esters is 2. The van der Waals surface area contributed by atoms with Gasteiger partial charge in [-0.25, -0.2) is 9.59 Å². The average molecular weight is 501 g/mol. The van der Waals surface area contributed by atoms with Gasteiger partial charge in [-0.1, -0.05) is 6.07 Å². The second-order valence-corrected chi connectivity index (χ2v) is 7.32. The molecule has 0 aliphatic heterocycles. The summed E-state index contributed by atoms with van der Waals surface area (Å²) in [4.78, 5) is 26.0. The van der Waals surface area contributed by atoms with Crippen LogP contribution < -0.4 is 23.7 Å². The van der Waals surface area contributed by atoms with Crippen molar-refractivity contribution >= 4 is 22.7 Å². The van der Waals surface area contributed by atoms with Crippen LogP contribution in [-0.2, 0) is 9.47 Å². The van der Waals surface area contributed by atoms with Gasteiger partial charge < -0.3 is 38.3 Å². The number of benzene rings is 3. The minimum absolute atomic E-state index is 0.153. The zero-order chi connectivity index (χ0) is 26.6. The fourth-order valence-corrected chi connectivity index (χ4v) is 4.09. The van der Waals surface area contributed by atoms with Crippen LogP contribution in [0.3, 0.4) is 0 Å². The number of carbonyl (C=O) groups is 2. The summed E-state index contributed by atoms with van der Waals surface area (Å²) in [7, 11) is 8.04. The molecule has 0 saturated carbocycles. The van der Waals surface area contributed by atoms with E-state index < -0.39 is 17.7 Å². The molecule has 0 amide bonds. The van der Waals surface area contributed by atoms with Crippen LogP contribution in [-0.4, -0.2) is 66.3 Å². The summed E-state index contributed by atoms with van der Waals surface area (Å²) in [6.07, 6.45) is 0. The number of aromatic hydroxyl groups is 1. The molecule has 0 heterocycles. The van der Waals surface area contributed by atoms with Crippen LogP contribution in [0.1, 0.15) is 27.6 Å². The quantitative estimate of drug-likeness (QED) is 0.428. The summed E-state index contributed by atoms with van der Waals surface area (Å²) in [6.45, 7) is 2.24. The standard InChI is InChI=1S/C26H28O10/c1-8-36-15-10-9-13(11-16(15)30-2)18-19-14(12-17(31-3)23(32-4)24(19)33-5)22(27)21(26(29)35-7)20(18)25(28)34-6/h9-12,27H,8H2,1-7H3. The molecule has 3 aromatic carbocycles. The van der Waals surface area contributed by atoms with Crippen molar-refractivity contribution in [2.75, 3.05) is 49.3 Å². The largest absolute Gasteiger partial charge is 0.506 e. The predicted octanol–water partition coefficient (Wildman–Crippen LogP) is 4.22. The van der Waals surface area contributed by atoms with Gasteiger partial charge in [0.15, 0.2) is 23.0 Å². The van der Waals surface area contributed by atoms with Gasteiger partial charge in [-0.2, -0.15) is 0 Å². The second kappa shape index (κ2) is 10.9. The summed E-state index contributed by atoms with van der Waals surface area (Å²) in [6, 6.07) is 6.47. The zero-order valence-corrected chi connectivity index (χ0v) is 21.1. The molecule has 1 N–H and O–H groups in total. The van der Waals surface area contributed by atoms with Gasteiger partial charge in [-0.3, -0.25) is 0 Å². The average Bonchev–Trinajstić information content (AvgIpc) is 2.91. The molecule has 10 nitrogen and oxygen atoms in total. The molecule has 0 aliphatic carbocycles. The highest BCUT2D eigenvalue weighted by atomic mass is 16.5. The van der Waals surface area contributed by atoms with E-state index in [0.29, 0.717) is 23.7 Å². The third-order valence-corrected chi connectivity index (χ3v) is 5.60. The lowest BCUT2D eigenvalue weighted by molar-refractivity contribution is 0.0553. The molecule has 0 bridgehead atoms. The van der Waals surface area contributed by atoms with Gasteiger partial charge in [0.2, 0.25) is 5.75 Å². The number of methoxy groups -OCH3 is 6. The first-order valence-electron chi connectivity index (χ1n) is 10.8. The van der Waals surface area contributed by atoms with Crippen LogP contribution in [0.15, 0.2) is 24.3 Å². The van der Waals surface area contributed by atoms with Gasteiger partial charge >= 0.3 is 11.9 Å². The first-order chi connectivity index (χ1) is 17.3. The highest BCUT2D eigenvalue weighted by Gasteiger charge is 2.34. The Bertz CT molecular complexity index is 1310. The maximum Gasteiger partial charge on any atom is 0.342 e. The molecule has 3 rings (SSSR count). The van der Waals surface area contributed by atoms with Crippen molar-refractivity contribution in [3.05, 3.63) is 35.4 Å². The van der Waals surface area contributed by atoms with Crippen LogP contribution >= 0.6 is 0 Å². The van der Waals surface area contributed by atoms with Crippen molar-refractivity contribution in [1.29, 1.82) is 0 Å². The first-order valence-corrected chi connectivity index (χ1v) is 10.8. The van der Waals surface area contributed by atoms with Crippen molar-refractivity contribution in [3.8, 4) is 45.6 Å². The summed E-state index contributed by atoms with van der Waals surface area (Å²) in [5.74, 6) is -0.877. The van der Waals surface area contributed by atoms with Crippen LogP contribution in [0.25, 0.3) is 21.9 Å². The van der Waals surface area contributed by atoms with Crippen molar-refractivity contribution < 1.29 is 47.9 Å². The van der Waals surface area contributed by atoms with Crippen molar-refractivity contribution in [3.63, 3.8) is 0 Å². The normalized spacial score (nSPS) is 10.5. The Hall–Kier alpha value is -4.34. The predicted molar refractivity (Wildman–Crippen MR) is 131 cm³/mol. The number of phenols is 1.